The number of nitrogens with one attached hydrogen (secondary N) is 2. The molecule has 0 unspecified atom stereocenters. The summed E-state index contributed by atoms with van der Waals surface area (Å²) in [6.45, 7) is 8.70. The monoisotopic (exact) mass is 193 g/mol. The van der Waals surface area contributed by atoms with E-state index in [0.717, 1.165) is 5.82 Å². The van der Waals surface area contributed by atoms with Crippen molar-refractivity contribution in [3.63, 3.8) is 0 Å². The fourth-order valence-electron chi connectivity index (χ4n) is 1.54. The molecule has 2 N–H and O–H groups in total. The fourth-order valence-corrected chi connectivity index (χ4v) is 1.54. The quantitative estimate of drug-likeness (QED) is 0.758. The van der Waals surface area contributed by atoms with Crippen molar-refractivity contribution < 1.29 is 0 Å². The van der Waals surface area contributed by atoms with Crippen LogP contribution in [0.2, 0.25) is 0 Å². The molecule has 1 aromatic rings. The van der Waals surface area contributed by atoms with Crippen LogP contribution in [0.5, 0.6) is 0 Å². The fraction of sp³-hybridized carbons (Fsp3) is 0.727. The van der Waals surface area contributed by atoms with Gasteiger partial charge in [-0.2, -0.15) is 5.10 Å². The lowest BCUT2D eigenvalue weighted by molar-refractivity contribution is 0.630. The highest BCUT2D eigenvalue weighted by Gasteiger charge is 2.40. The van der Waals surface area contributed by atoms with Crippen LogP contribution in [0.25, 0.3) is 0 Å². The summed E-state index contributed by atoms with van der Waals surface area (Å²) in [5.41, 5.74) is 1.73. The largest absolute Gasteiger partial charge is 0.364 e. The lowest BCUT2D eigenvalue weighted by Gasteiger charge is -2.19. The van der Waals surface area contributed by atoms with E-state index in [1.165, 1.54) is 18.5 Å². The summed E-state index contributed by atoms with van der Waals surface area (Å²) >= 11 is 0. The molecule has 1 fully saturated rings. The van der Waals surface area contributed by atoms with Crippen molar-refractivity contribution in [2.75, 3.05) is 5.32 Å². The van der Waals surface area contributed by atoms with Crippen LogP contribution in [0.15, 0.2) is 6.07 Å². The predicted molar refractivity (Wildman–Crippen MR) is 58.5 cm³/mol. The Morgan fingerprint density at radius 2 is 2.07 bits per heavy atom. The standard InChI is InChI=1S/C11H19N3/c1-10(2,3)12-9-7-8(13-14-9)11(4)5-6-11/h7H,5-6H2,1-4H3,(H2,12,13,14). The number of hydrogen-bond acceptors (Lipinski definition) is 2. The van der Waals surface area contributed by atoms with Gasteiger partial charge >= 0.3 is 0 Å². The van der Waals surface area contributed by atoms with Gasteiger partial charge in [-0.3, -0.25) is 5.10 Å². The Hall–Kier alpha value is -0.990. The molecule has 0 bridgehead atoms. The highest BCUT2D eigenvalue weighted by atomic mass is 15.2. The third-order valence-electron chi connectivity index (χ3n) is 2.73. The summed E-state index contributed by atoms with van der Waals surface area (Å²) in [5, 5.41) is 10.7. The molecule has 0 aliphatic heterocycles. The van der Waals surface area contributed by atoms with E-state index in [9.17, 15) is 0 Å². The number of H-pyrrole nitrogens is 1. The van der Waals surface area contributed by atoms with Gasteiger partial charge in [0.1, 0.15) is 5.82 Å². The first kappa shape index (κ1) is 9.56. The number of nitrogens with zero attached hydrogens (tertiary/aromatic N) is 1. The molecular weight excluding hydrogens is 174 g/mol. The van der Waals surface area contributed by atoms with Crippen molar-refractivity contribution in [3.8, 4) is 0 Å². The third-order valence-corrected chi connectivity index (χ3v) is 2.73. The van der Waals surface area contributed by atoms with E-state index in [1.54, 1.807) is 0 Å². The summed E-state index contributed by atoms with van der Waals surface area (Å²) in [7, 11) is 0. The zero-order valence-electron chi connectivity index (χ0n) is 9.44. The highest BCUT2D eigenvalue weighted by Crippen LogP contribution is 2.47. The molecule has 14 heavy (non-hydrogen) atoms. The minimum Gasteiger partial charge on any atom is -0.364 e. The first-order chi connectivity index (χ1) is 6.39. The van der Waals surface area contributed by atoms with Gasteiger partial charge in [-0.25, -0.2) is 0 Å². The number of aromatic nitrogens is 2. The van der Waals surface area contributed by atoms with E-state index in [4.69, 9.17) is 0 Å². The van der Waals surface area contributed by atoms with Crippen molar-refractivity contribution in [3.05, 3.63) is 11.8 Å². The van der Waals surface area contributed by atoms with E-state index in [1.807, 2.05) is 0 Å². The van der Waals surface area contributed by atoms with Gasteiger partial charge in [0.15, 0.2) is 0 Å². The van der Waals surface area contributed by atoms with Gasteiger partial charge < -0.3 is 5.32 Å². The molecule has 0 amide bonds. The van der Waals surface area contributed by atoms with Crippen LogP contribution in [0.4, 0.5) is 5.82 Å². The van der Waals surface area contributed by atoms with Crippen molar-refractivity contribution in [1.82, 2.24) is 10.2 Å². The van der Waals surface area contributed by atoms with Gasteiger partial charge in [0.2, 0.25) is 0 Å². The van der Waals surface area contributed by atoms with E-state index >= 15 is 0 Å². The Balaban J connectivity index is 2.11. The zero-order chi connectivity index (χ0) is 10.4. The maximum Gasteiger partial charge on any atom is 0.148 e. The molecule has 0 aromatic carbocycles. The highest BCUT2D eigenvalue weighted by molar-refractivity contribution is 5.41. The molecule has 0 atom stereocenters. The first-order valence-corrected chi connectivity index (χ1v) is 5.23. The van der Waals surface area contributed by atoms with Crippen LogP contribution < -0.4 is 5.32 Å². The summed E-state index contributed by atoms with van der Waals surface area (Å²) < 4.78 is 0. The second-order valence-electron chi connectivity index (χ2n) is 5.60. The lowest BCUT2D eigenvalue weighted by Crippen LogP contribution is -2.26. The Bertz CT molecular complexity index is 329. The van der Waals surface area contributed by atoms with E-state index in [2.05, 4.69) is 49.3 Å². The van der Waals surface area contributed by atoms with Crippen LogP contribution in [-0.4, -0.2) is 15.7 Å². The van der Waals surface area contributed by atoms with Crippen LogP contribution in [0.1, 0.15) is 46.2 Å². The molecule has 3 heteroatoms. The number of rotatable bonds is 2. The molecule has 0 spiro atoms. The van der Waals surface area contributed by atoms with Crippen LogP contribution in [0, 0.1) is 0 Å². The van der Waals surface area contributed by atoms with E-state index in [-0.39, 0.29) is 5.54 Å². The van der Waals surface area contributed by atoms with Crippen LogP contribution in [0.3, 0.4) is 0 Å². The minimum absolute atomic E-state index is 0.0803. The van der Waals surface area contributed by atoms with Crippen molar-refractivity contribution >= 4 is 5.82 Å². The maximum absolute atomic E-state index is 4.27. The Labute approximate surface area is 85.3 Å². The minimum atomic E-state index is 0.0803. The van der Waals surface area contributed by atoms with Gasteiger partial charge in [-0.15, -0.1) is 0 Å². The topological polar surface area (TPSA) is 40.7 Å². The zero-order valence-corrected chi connectivity index (χ0v) is 9.44. The Morgan fingerprint density at radius 1 is 1.43 bits per heavy atom. The molecule has 78 valence electrons. The molecule has 3 nitrogen and oxygen atoms in total. The maximum atomic E-state index is 4.27. The second-order valence-corrected chi connectivity index (χ2v) is 5.60. The van der Waals surface area contributed by atoms with Gasteiger partial charge in [0.05, 0.1) is 0 Å². The molecule has 1 aliphatic rings. The summed E-state index contributed by atoms with van der Waals surface area (Å²) in [6, 6.07) is 2.14. The number of aromatic amines is 1. The molecular formula is C11H19N3. The van der Waals surface area contributed by atoms with Gasteiger partial charge in [-0.05, 0) is 33.6 Å². The van der Waals surface area contributed by atoms with Crippen molar-refractivity contribution in [1.29, 1.82) is 0 Å². The van der Waals surface area contributed by atoms with E-state index in [0.29, 0.717) is 5.41 Å². The molecule has 0 saturated heterocycles. The smallest absolute Gasteiger partial charge is 0.148 e. The molecule has 2 rings (SSSR count). The molecule has 1 saturated carbocycles. The number of anilines is 1. The average molecular weight is 193 g/mol. The molecule has 0 radical (unpaired) electrons. The van der Waals surface area contributed by atoms with Gasteiger partial charge in [-0.1, -0.05) is 6.92 Å². The van der Waals surface area contributed by atoms with Crippen LogP contribution >= 0.6 is 0 Å². The summed E-state index contributed by atoms with van der Waals surface area (Å²) in [4.78, 5) is 0. The third kappa shape index (κ3) is 1.91. The van der Waals surface area contributed by atoms with E-state index < -0.39 is 0 Å². The summed E-state index contributed by atoms with van der Waals surface area (Å²) in [5.74, 6) is 0.959. The van der Waals surface area contributed by atoms with Crippen LogP contribution in [-0.2, 0) is 5.41 Å². The average Bonchev–Trinajstić information content (AvgIpc) is 2.60. The van der Waals surface area contributed by atoms with Crippen molar-refractivity contribution in [2.24, 2.45) is 0 Å². The first-order valence-electron chi connectivity index (χ1n) is 5.23. The number of hydrogen-bond donors (Lipinski definition) is 2. The predicted octanol–water partition coefficient (Wildman–Crippen LogP) is 2.67. The van der Waals surface area contributed by atoms with Gasteiger partial charge in [0, 0.05) is 22.7 Å². The molecule has 1 aromatic heterocycles. The Morgan fingerprint density at radius 3 is 2.57 bits per heavy atom. The molecule has 1 aliphatic carbocycles. The van der Waals surface area contributed by atoms with Gasteiger partial charge in [0.25, 0.3) is 0 Å². The normalized spacial score (nSPS) is 19.4. The Kier molecular flexibility index (Phi) is 1.88. The SMILES string of the molecule is CC(C)(C)Nc1cc(C2(C)CC2)[nH]n1. The molecule has 1 heterocycles. The second kappa shape index (κ2) is 2.75. The lowest BCUT2D eigenvalue weighted by atomic mass is 10.1. The summed E-state index contributed by atoms with van der Waals surface area (Å²) in [6.07, 6.45) is 2.56. The van der Waals surface area contributed by atoms with Crippen molar-refractivity contribution in [2.45, 2.75) is 51.5 Å².